The van der Waals surface area contributed by atoms with Gasteiger partial charge in [-0.05, 0) is 12.8 Å². The van der Waals surface area contributed by atoms with Crippen LogP contribution in [0.15, 0.2) is 0 Å². The molecule has 0 aliphatic rings. The van der Waals surface area contributed by atoms with E-state index in [-0.39, 0.29) is 0 Å². The van der Waals surface area contributed by atoms with E-state index in [9.17, 15) is 0 Å². The van der Waals surface area contributed by atoms with E-state index in [1.54, 1.807) is 0 Å². The summed E-state index contributed by atoms with van der Waals surface area (Å²) < 4.78 is 0. The van der Waals surface area contributed by atoms with Crippen LogP contribution in [0.5, 0.6) is 0 Å². The van der Waals surface area contributed by atoms with E-state index in [0.29, 0.717) is 0 Å². The fourth-order valence-corrected chi connectivity index (χ4v) is 2.53. The number of hydrogen-bond acceptors (Lipinski definition) is 0. The van der Waals surface area contributed by atoms with Crippen LogP contribution in [0.3, 0.4) is 0 Å². The third-order valence-corrected chi connectivity index (χ3v) is 3.91. The van der Waals surface area contributed by atoms with Gasteiger partial charge in [-0.3, -0.25) is 0 Å². The summed E-state index contributed by atoms with van der Waals surface area (Å²) in [5, 5.41) is 0. The third-order valence-electron chi connectivity index (χ3n) is 3.91. The van der Waals surface area contributed by atoms with Crippen LogP contribution in [0.4, 0.5) is 0 Å². The zero-order chi connectivity index (χ0) is 14.7. The summed E-state index contributed by atoms with van der Waals surface area (Å²) in [6.45, 7) is 4.48. The molecule has 0 saturated carbocycles. The van der Waals surface area contributed by atoms with Crippen LogP contribution in [0, 0.1) is 11.8 Å². The topological polar surface area (TPSA) is 0 Å². The highest BCUT2D eigenvalue weighted by atomic mass is 14.0. The molecule has 0 aliphatic heterocycles. The monoisotopic (exact) mass is 278 g/mol. The molecule has 0 heteroatoms. The van der Waals surface area contributed by atoms with Gasteiger partial charge in [0.1, 0.15) is 0 Å². The maximum absolute atomic E-state index is 3.28. The largest absolute Gasteiger partial charge is 0.103 e. The Hall–Kier alpha value is -0.440. The lowest BCUT2D eigenvalue weighted by Gasteiger charge is -2.02. The lowest BCUT2D eigenvalue weighted by atomic mass is 10.0. The molecule has 0 spiro atoms. The summed E-state index contributed by atoms with van der Waals surface area (Å²) in [7, 11) is 0. The number of rotatable bonds is 14. The van der Waals surface area contributed by atoms with Crippen LogP contribution in [0.1, 0.15) is 117 Å². The molecule has 0 aliphatic carbocycles. The van der Waals surface area contributed by atoms with Gasteiger partial charge in [0.25, 0.3) is 0 Å². The van der Waals surface area contributed by atoms with Gasteiger partial charge in [-0.15, -0.1) is 11.8 Å². The molecule has 0 N–H and O–H groups in total. The molecule has 0 rings (SSSR count). The van der Waals surface area contributed by atoms with Gasteiger partial charge >= 0.3 is 0 Å². The van der Waals surface area contributed by atoms with Crippen molar-refractivity contribution < 1.29 is 0 Å². The lowest BCUT2D eigenvalue weighted by Crippen LogP contribution is -1.82. The molecule has 0 heterocycles. The van der Waals surface area contributed by atoms with Crippen LogP contribution in [-0.4, -0.2) is 0 Å². The quantitative estimate of drug-likeness (QED) is 0.231. The summed E-state index contributed by atoms with van der Waals surface area (Å²) in [4.78, 5) is 0. The van der Waals surface area contributed by atoms with Gasteiger partial charge in [0.05, 0.1) is 0 Å². The minimum absolute atomic E-state index is 1.08. The first-order chi connectivity index (χ1) is 9.91. The standard InChI is InChI=1S/C20H38/c1-3-5-7-9-11-13-15-17-19-20-18-16-14-12-10-8-6-4-2/h3-7,9,11-20H2,1-2H3. The number of unbranched alkanes of at least 4 members (excludes halogenated alkanes) is 14. The molecule has 0 atom stereocenters. The van der Waals surface area contributed by atoms with E-state index in [1.807, 2.05) is 0 Å². The van der Waals surface area contributed by atoms with E-state index in [2.05, 4.69) is 25.7 Å². The Kier molecular flexibility index (Phi) is 18.2. The fourth-order valence-electron chi connectivity index (χ4n) is 2.53. The van der Waals surface area contributed by atoms with Crippen molar-refractivity contribution in [2.45, 2.75) is 117 Å². The first-order valence-electron chi connectivity index (χ1n) is 9.37. The van der Waals surface area contributed by atoms with Gasteiger partial charge in [-0.25, -0.2) is 0 Å². The molecule has 0 bridgehead atoms. The molecule has 0 radical (unpaired) electrons. The summed E-state index contributed by atoms with van der Waals surface area (Å²) in [5.41, 5.74) is 0. The first-order valence-corrected chi connectivity index (χ1v) is 9.37. The summed E-state index contributed by atoms with van der Waals surface area (Å²) in [6.07, 6.45) is 22.0. The Morgan fingerprint density at radius 1 is 0.400 bits per heavy atom. The molecule has 0 unspecified atom stereocenters. The van der Waals surface area contributed by atoms with Gasteiger partial charge in [-0.1, -0.05) is 90.9 Å². The van der Waals surface area contributed by atoms with Gasteiger partial charge < -0.3 is 0 Å². The Morgan fingerprint density at radius 2 is 0.800 bits per heavy atom. The Balaban J connectivity index is 2.98. The molecule has 20 heavy (non-hydrogen) atoms. The Morgan fingerprint density at radius 3 is 1.25 bits per heavy atom. The van der Waals surface area contributed by atoms with Crippen molar-refractivity contribution in [1.29, 1.82) is 0 Å². The van der Waals surface area contributed by atoms with Crippen molar-refractivity contribution in [3.05, 3.63) is 0 Å². The molecule has 0 aromatic heterocycles. The van der Waals surface area contributed by atoms with Crippen molar-refractivity contribution in [2.75, 3.05) is 0 Å². The van der Waals surface area contributed by atoms with Gasteiger partial charge in [0, 0.05) is 12.8 Å². The van der Waals surface area contributed by atoms with Crippen molar-refractivity contribution in [2.24, 2.45) is 0 Å². The highest BCUT2D eigenvalue weighted by Gasteiger charge is 1.93. The Bertz CT molecular complexity index is 218. The van der Waals surface area contributed by atoms with Crippen LogP contribution in [0.25, 0.3) is 0 Å². The minimum atomic E-state index is 1.08. The average Bonchev–Trinajstić information content (AvgIpc) is 2.47. The van der Waals surface area contributed by atoms with E-state index in [4.69, 9.17) is 0 Å². The third kappa shape index (κ3) is 17.6. The van der Waals surface area contributed by atoms with Crippen molar-refractivity contribution in [3.8, 4) is 11.8 Å². The normalized spacial score (nSPS) is 10.3. The van der Waals surface area contributed by atoms with E-state index in [0.717, 1.165) is 12.8 Å². The van der Waals surface area contributed by atoms with Gasteiger partial charge in [0.15, 0.2) is 0 Å². The second-order valence-corrected chi connectivity index (χ2v) is 6.10. The second kappa shape index (κ2) is 18.6. The smallest absolute Gasteiger partial charge is 0.00886 e. The molecule has 118 valence electrons. The van der Waals surface area contributed by atoms with Gasteiger partial charge in [0.2, 0.25) is 0 Å². The minimum Gasteiger partial charge on any atom is -0.103 e. The molecule has 0 nitrogen and oxygen atoms in total. The highest BCUT2D eigenvalue weighted by Crippen LogP contribution is 2.12. The molecular formula is C20H38. The van der Waals surface area contributed by atoms with Crippen LogP contribution >= 0.6 is 0 Å². The van der Waals surface area contributed by atoms with Crippen LogP contribution < -0.4 is 0 Å². The molecule has 0 saturated heterocycles. The molecular weight excluding hydrogens is 240 g/mol. The number of hydrogen-bond donors (Lipinski definition) is 0. The maximum atomic E-state index is 3.28. The molecule has 0 amide bonds. The van der Waals surface area contributed by atoms with Crippen molar-refractivity contribution >= 4 is 0 Å². The summed E-state index contributed by atoms with van der Waals surface area (Å²) >= 11 is 0. The maximum Gasteiger partial charge on any atom is 0.00886 e. The predicted molar refractivity (Wildman–Crippen MR) is 93.0 cm³/mol. The van der Waals surface area contributed by atoms with Crippen molar-refractivity contribution in [3.63, 3.8) is 0 Å². The molecule has 0 aromatic rings. The second-order valence-electron chi connectivity index (χ2n) is 6.10. The first kappa shape index (κ1) is 19.6. The SMILES string of the molecule is CCCC#CCCCCCCCCCCCCCCC. The van der Waals surface area contributed by atoms with Crippen LogP contribution in [0.2, 0.25) is 0 Å². The summed E-state index contributed by atoms with van der Waals surface area (Å²) in [5.74, 6) is 6.50. The zero-order valence-electron chi connectivity index (χ0n) is 14.3. The molecule has 0 aromatic carbocycles. The fraction of sp³-hybridized carbons (Fsp3) is 0.900. The van der Waals surface area contributed by atoms with Gasteiger partial charge in [-0.2, -0.15) is 0 Å². The Labute approximate surface area is 129 Å². The van der Waals surface area contributed by atoms with Crippen LogP contribution in [-0.2, 0) is 0 Å². The van der Waals surface area contributed by atoms with E-state index < -0.39 is 0 Å². The molecule has 0 fully saturated rings. The zero-order valence-corrected chi connectivity index (χ0v) is 14.3. The predicted octanol–water partition coefficient (Wildman–Crippen LogP) is 7.27. The van der Waals surface area contributed by atoms with E-state index in [1.165, 1.54) is 89.9 Å². The average molecular weight is 279 g/mol. The van der Waals surface area contributed by atoms with E-state index >= 15 is 0 Å². The highest BCUT2D eigenvalue weighted by molar-refractivity contribution is 4.98. The lowest BCUT2D eigenvalue weighted by molar-refractivity contribution is 0.540. The summed E-state index contributed by atoms with van der Waals surface area (Å²) in [6, 6.07) is 0. The van der Waals surface area contributed by atoms with Crippen molar-refractivity contribution in [1.82, 2.24) is 0 Å².